The lowest BCUT2D eigenvalue weighted by atomic mass is 9.43. The second kappa shape index (κ2) is 5.87. The normalized spacial score (nSPS) is 44.3. The van der Waals surface area contributed by atoms with Crippen LogP contribution in [0.3, 0.4) is 0 Å². The molecule has 0 aliphatic heterocycles. The monoisotopic (exact) mass is 294 g/mol. The quantitative estimate of drug-likeness (QED) is 0.837. The average Bonchev–Trinajstić information content (AvgIpc) is 2.14. The fourth-order valence-corrected chi connectivity index (χ4v) is 5.85. The van der Waals surface area contributed by atoms with Crippen LogP contribution in [0.2, 0.25) is 0 Å². The van der Waals surface area contributed by atoms with Gasteiger partial charge in [0.15, 0.2) is 0 Å². The molecule has 18 heavy (non-hydrogen) atoms. The lowest BCUT2D eigenvalue weighted by Gasteiger charge is -2.62. The molecular weight excluding hydrogens is 267 g/mol. The third-order valence-corrected chi connectivity index (χ3v) is 5.65. The molecule has 4 fully saturated rings. The molecule has 4 aliphatic carbocycles. The highest BCUT2D eigenvalue weighted by molar-refractivity contribution is 5.85. The molecule has 0 aromatic heterocycles. The molecule has 0 heterocycles. The Kier molecular flexibility index (Phi) is 5.39. The van der Waals surface area contributed by atoms with Crippen LogP contribution in [0, 0.1) is 22.7 Å². The summed E-state index contributed by atoms with van der Waals surface area (Å²) in [5.41, 5.74) is 13.0. The van der Waals surface area contributed by atoms with Gasteiger partial charge in [-0.05, 0) is 87.1 Å². The van der Waals surface area contributed by atoms with Crippen molar-refractivity contribution in [2.24, 2.45) is 34.1 Å². The van der Waals surface area contributed by atoms with Crippen LogP contribution in [0.25, 0.3) is 0 Å². The molecule has 4 aliphatic rings. The van der Waals surface area contributed by atoms with Crippen LogP contribution in [-0.4, -0.2) is 13.1 Å². The van der Waals surface area contributed by atoms with Crippen molar-refractivity contribution in [1.29, 1.82) is 0 Å². The van der Waals surface area contributed by atoms with Crippen LogP contribution in [0.4, 0.5) is 0 Å². The van der Waals surface area contributed by atoms with Gasteiger partial charge in [-0.1, -0.05) is 0 Å². The lowest BCUT2D eigenvalue weighted by molar-refractivity contribution is -0.115. The first kappa shape index (κ1) is 16.6. The van der Waals surface area contributed by atoms with Gasteiger partial charge in [-0.3, -0.25) is 0 Å². The van der Waals surface area contributed by atoms with Gasteiger partial charge in [0.2, 0.25) is 0 Å². The second-order valence-electron chi connectivity index (χ2n) is 7.04. The first-order valence-electron chi connectivity index (χ1n) is 7.09. The molecule has 4 rings (SSSR count). The van der Waals surface area contributed by atoms with Crippen molar-refractivity contribution in [1.82, 2.24) is 0 Å². The van der Waals surface area contributed by atoms with Crippen molar-refractivity contribution < 1.29 is 0 Å². The second-order valence-corrected chi connectivity index (χ2v) is 7.04. The summed E-state index contributed by atoms with van der Waals surface area (Å²) in [6.45, 7) is 1.77. The van der Waals surface area contributed by atoms with E-state index >= 15 is 0 Å². The highest BCUT2D eigenvalue weighted by atomic mass is 35.5. The van der Waals surface area contributed by atoms with Gasteiger partial charge >= 0.3 is 0 Å². The minimum Gasteiger partial charge on any atom is -0.330 e. The maximum absolute atomic E-state index is 5.84. The van der Waals surface area contributed by atoms with Crippen LogP contribution in [-0.2, 0) is 0 Å². The summed E-state index contributed by atoms with van der Waals surface area (Å²) in [6.07, 6.45) is 11.4. The van der Waals surface area contributed by atoms with Gasteiger partial charge in [0.25, 0.3) is 0 Å². The zero-order valence-corrected chi connectivity index (χ0v) is 12.8. The Morgan fingerprint density at radius 1 is 0.778 bits per heavy atom. The van der Waals surface area contributed by atoms with Crippen molar-refractivity contribution >= 4 is 24.8 Å². The van der Waals surface area contributed by atoms with Crippen LogP contribution in [0.5, 0.6) is 0 Å². The number of nitrogens with two attached hydrogens (primary N) is 2. The molecule has 0 spiro atoms. The molecule has 4 N–H and O–H groups in total. The van der Waals surface area contributed by atoms with Crippen molar-refractivity contribution in [3.63, 3.8) is 0 Å². The van der Waals surface area contributed by atoms with E-state index in [1.165, 1.54) is 51.4 Å². The van der Waals surface area contributed by atoms with Gasteiger partial charge in [0.1, 0.15) is 0 Å². The SMILES string of the molecule is Cl.Cl.NCCC12CC3CC(C1)CC(CCN)(C3)C2. The number of hydrogen-bond donors (Lipinski definition) is 2. The van der Waals surface area contributed by atoms with E-state index in [4.69, 9.17) is 11.5 Å². The predicted octanol–water partition coefficient (Wildman–Crippen LogP) is 3.11. The fourth-order valence-electron chi connectivity index (χ4n) is 5.85. The molecule has 0 saturated heterocycles. The number of hydrogen-bond acceptors (Lipinski definition) is 2. The molecule has 0 atom stereocenters. The molecule has 0 radical (unpaired) electrons. The van der Waals surface area contributed by atoms with E-state index in [9.17, 15) is 0 Å². The zero-order chi connectivity index (χ0) is 11.2. The Bertz CT molecular complexity index is 245. The summed E-state index contributed by atoms with van der Waals surface area (Å²) in [5, 5.41) is 0. The molecule has 0 amide bonds. The third-order valence-electron chi connectivity index (χ3n) is 5.65. The van der Waals surface area contributed by atoms with E-state index in [-0.39, 0.29) is 24.8 Å². The molecule has 4 bridgehead atoms. The summed E-state index contributed by atoms with van der Waals surface area (Å²) in [7, 11) is 0. The summed E-state index contributed by atoms with van der Waals surface area (Å²) < 4.78 is 0. The lowest BCUT2D eigenvalue weighted by Crippen LogP contribution is -2.52. The van der Waals surface area contributed by atoms with Gasteiger partial charge in [-0.25, -0.2) is 0 Å². The zero-order valence-electron chi connectivity index (χ0n) is 11.2. The smallest absolute Gasteiger partial charge is 0.00720 e. The summed E-state index contributed by atoms with van der Waals surface area (Å²) in [6, 6.07) is 0. The van der Waals surface area contributed by atoms with E-state index in [1.807, 2.05) is 0 Å². The van der Waals surface area contributed by atoms with Gasteiger partial charge < -0.3 is 11.5 Å². The molecule has 0 unspecified atom stereocenters. The van der Waals surface area contributed by atoms with Crippen molar-refractivity contribution in [2.45, 2.75) is 51.4 Å². The number of rotatable bonds is 4. The van der Waals surface area contributed by atoms with Gasteiger partial charge in [-0.15, -0.1) is 24.8 Å². The van der Waals surface area contributed by atoms with E-state index in [0.717, 1.165) is 24.9 Å². The largest absolute Gasteiger partial charge is 0.330 e. The van der Waals surface area contributed by atoms with Gasteiger partial charge in [-0.2, -0.15) is 0 Å². The Hall–Kier alpha value is 0.500. The van der Waals surface area contributed by atoms with Crippen LogP contribution in [0.1, 0.15) is 51.4 Å². The maximum atomic E-state index is 5.84. The van der Waals surface area contributed by atoms with Crippen molar-refractivity contribution in [3.05, 3.63) is 0 Å². The van der Waals surface area contributed by atoms with Crippen LogP contribution >= 0.6 is 24.8 Å². The Morgan fingerprint density at radius 3 is 1.50 bits per heavy atom. The minimum absolute atomic E-state index is 0. The Labute approximate surface area is 123 Å². The molecule has 108 valence electrons. The predicted molar refractivity (Wildman–Crippen MR) is 81.4 cm³/mol. The van der Waals surface area contributed by atoms with Crippen LogP contribution < -0.4 is 11.5 Å². The molecule has 2 nitrogen and oxygen atoms in total. The molecule has 4 heteroatoms. The van der Waals surface area contributed by atoms with Gasteiger partial charge in [0.05, 0.1) is 0 Å². The Balaban J connectivity index is 0.000000810. The maximum Gasteiger partial charge on any atom is -0.00720 e. The van der Waals surface area contributed by atoms with Crippen molar-refractivity contribution in [2.75, 3.05) is 13.1 Å². The topological polar surface area (TPSA) is 52.0 Å². The first-order valence-corrected chi connectivity index (χ1v) is 7.09. The molecule has 4 saturated carbocycles. The summed E-state index contributed by atoms with van der Waals surface area (Å²) >= 11 is 0. The van der Waals surface area contributed by atoms with E-state index in [2.05, 4.69) is 0 Å². The van der Waals surface area contributed by atoms with E-state index < -0.39 is 0 Å². The molecule has 0 aromatic carbocycles. The average molecular weight is 295 g/mol. The molecular formula is C14H28Cl2N2. The highest BCUT2D eigenvalue weighted by Crippen LogP contribution is 2.67. The van der Waals surface area contributed by atoms with E-state index in [1.54, 1.807) is 0 Å². The standard InChI is InChI=1S/C14H26N2.2ClH/c15-3-1-13-6-11-5-12(7-13)9-14(8-11,10-13)2-4-16;;/h11-12H,1-10,15-16H2;2*1H. The minimum atomic E-state index is 0. The highest BCUT2D eigenvalue weighted by Gasteiger charge is 2.56. The fraction of sp³-hybridized carbons (Fsp3) is 1.00. The van der Waals surface area contributed by atoms with Crippen LogP contribution in [0.15, 0.2) is 0 Å². The molecule has 0 aromatic rings. The summed E-state index contributed by atoms with van der Waals surface area (Å²) in [4.78, 5) is 0. The Morgan fingerprint density at radius 2 is 1.17 bits per heavy atom. The third kappa shape index (κ3) is 2.67. The van der Waals surface area contributed by atoms with Crippen molar-refractivity contribution in [3.8, 4) is 0 Å². The number of halogens is 2. The van der Waals surface area contributed by atoms with Gasteiger partial charge in [0, 0.05) is 0 Å². The van der Waals surface area contributed by atoms with E-state index in [0.29, 0.717) is 10.8 Å². The summed E-state index contributed by atoms with van der Waals surface area (Å²) in [5.74, 6) is 2.03. The first-order chi connectivity index (χ1) is 7.69.